The number of aliphatic imine (C=N–C) groups is 1. The normalized spacial score (nSPS) is 14.3. The molecule has 0 aliphatic heterocycles. The summed E-state index contributed by atoms with van der Waals surface area (Å²) in [6.45, 7) is 9.43. The quantitative estimate of drug-likeness (QED) is 0.374. The van der Waals surface area contributed by atoms with E-state index in [2.05, 4.69) is 69.1 Å². The van der Waals surface area contributed by atoms with Gasteiger partial charge >= 0.3 is 0 Å². The number of unbranched alkanes of at least 4 members (excludes halogenated alkanes) is 1. The monoisotopic (exact) mass is 259 g/mol. The molecule has 0 bridgehead atoms. The highest BCUT2D eigenvalue weighted by Crippen LogP contribution is 2.05. The fraction of sp³-hybridized carbons (Fsp3) is 0.500. The van der Waals surface area contributed by atoms with Gasteiger partial charge < -0.3 is 0 Å². The van der Waals surface area contributed by atoms with E-state index >= 15 is 0 Å². The zero-order valence-electron chi connectivity index (χ0n) is 13.0. The second-order valence-corrected chi connectivity index (χ2v) is 4.60. The lowest BCUT2D eigenvalue weighted by molar-refractivity contribution is 0.959. The van der Waals surface area contributed by atoms with E-state index in [1.54, 1.807) is 0 Å². The van der Waals surface area contributed by atoms with E-state index in [0.717, 1.165) is 25.8 Å². The zero-order chi connectivity index (χ0) is 14.3. The van der Waals surface area contributed by atoms with Crippen molar-refractivity contribution < 1.29 is 0 Å². The molecule has 0 amide bonds. The SMILES string of the molecule is CC/C=C(/C=N/C/C=C\C=C/CCC)\C=C(/C)CC. The molecule has 1 nitrogen and oxygen atoms in total. The molecule has 0 aliphatic rings. The van der Waals surface area contributed by atoms with Crippen LogP contribution in [-0.4, -0.2) is 12.8 Å². The van der Waals surface area contributed by atoms with Crippen LogP contribution in [-0.2, 0) is 0 Å². The Morgan fingerprint density at radius 1 is 1.05 bits per heavy atom. The van der Waals surface area contributed by atoms with Crippen molar-refractivity contribution in [1.82, 2.24) is 0 Å². The van der Waals surface area contributed by atoms with E-state index in [1.165, 1.54) is 17.6 Å². The van der Waals surface area contributed by atoms with Crippen LogP contribution in [0, 0.1) is 0 Å². The van der Waals surface area contributed by atoms with Crippen LogP contribution in [0.5, 0.6) is 0 Å². The maximum absolute atomic E-state index is 4.44. The first kappa shape index (κ1) is 17.6. The molecule has 0 fully saturated rings. The Balaban J connectivity index is 4.24. The minimum atomic E-state index is 0.747. The Kier molecular flexibility index (Phi) is 12.1. The molecule has 0 N–H and O–H groups in total. The second kappa shape index (κ2) is 13.1. The summed E-state index contributed by atoms with van der Waals surface area (Å²) < 4.78 is 0. The van der Waals surface area contributed by atoms with Crippen LogP contribution in [0.1, 0.15) is 53.4 Å². The summed E-state index contributed by atoms with van der Waals surface area (Å²) in [5.41, 5.74) is 2.61. The molecule has 1 heteroatoms. The number of hydrogen-bond donors (Lipinski definition) is 0. The third kappa shape index (κ3) is 11.5. The van der Waals surface area contributed by atoms with Crippen LogP contribution >= 0.6 is 0 Å². The molecule has 0 atom stereocenters. The van der Waals surface area contributed by atoms with Crippen LogP contribution in [0.2, 0.25) is 0 Å². The van der Waals surface area contributed by atoms with Crippen molar-refractivity contribution in [1.29, 1.82) is 0 Å². The fourth-order valence-corrected chi connectivity index (χ4v) is 1.47. The minimum Gasteiger partial charge on any atom is -0.288 e. The van der Waals surface area contributed by atoms with Crippen LogP contribution in [0.15, 0.2) is 52.6 Å². The smallest absolute Gasteiger partial charge is 0.0573 e. The first-order valence-electron chi connectivity index (χ1n) is 7.43. The summed E-state index contributed by atoms with van der Waals surface area (Å²) in [5.74, 6) is 0. The number of nitrogens with zero attached hydrogens (tertiary/aromatic N) is 1. The van der Waals surface area contributed by atoms with Crippen LogP contribution in [0.25, 0.3) is 0 Å². The Morgan fingerprint density at radius 2 is 1.79 bits per heavy atom. The molecular formula is C18H29N. The zero-order valence-corrected chi connectivity index (χ0v) is 13.0. The van der Waals surface area contributed by atoms with Gasteiger partial charge in [-0.1, -0.05) is 69.2 Å². The number of allylic oxidation sites excluding steroid dienone is 7. The van der Waals surface area contributed by atoms with Crippen molar-refractivity contribution in [3.05, 3.63) is 47.6 Å². The van der Waals surface area contributed by atoms with Gasteiger partial charge in [0.1, 0.15) is 0 Å². The van der Waals surface area contributed by atoms with Gasteiger partial charge in [-0.25, -0.2) is 0 Å². The molecule has 0 unspecified atom stereocenters. The minimum absolute atomic E-state index is 0.747. The Labute approximate surface area is 119 Å². The summed E-state index contributed by atoms with van der Waals surface area (Å²) in [5, 5.41) is 0. The molecule has 0 aromatic heterocycles. The summed E-state index contributed by atoms with van der Waals surface area (Å²) in [6.07, 6.45) is 19.4. The average molecular weight is 259 g/mol. The van der Waals surface area contributed by atoms with Crippen molar-refractivity contribution in [2.45, 2.75) is 53.4 Å². The Bertz CT molecular complexity index is 354. The summed E-state index contributed by atoms with van der Waals surface area (Å²) in [4.78, 5) is 4.44. The molecule has 0 aliphatic carbocycles. The van der Waals surface area contributed by atoms with Crippen molar-refractivity contribution in [3.63, 3.8) is 0 Å². The third-order valence-electron chi connectivity index (χ3n) is 2.70. The second-order valence-electron chi connectivity index (χ2n) is 4.60. The molecule has 0 spiro atoms. The third-order valence-corrected chi connectivity index (χ3v) is 2.70. The first-order valence-corrected chi connectivity index (χ1v) is 7.43. The van der Waals surface area contributed by atoms with Gasteiger partial charge in [-0.3, -0.25) is 4.99 Å². The molecule has 19 heavy (non-hydrogen) atoms. The van der Waals surface area contributed by atoms with Crippen LogP contribution in [0.4, 0.5) is 0 Å². The molecule has 0 saturated carbocycles. The van der Waals surface area contributed by atoms with Crippen molar-refractivity contribution in [2.75, 3.05) is 6.54 Å². The molecule has 0 saturated heterocycles. The van der Waals surface area contributed by atoms with Crippen LogP contribution < -0.4 is 0 Å². The van der Waals surface area contributed by atoms with Crippen molar-refractivity contribution >= 4 is 6.21 Å². The molecule has 0 aromatic rings. The molecule has 0 heterocycles. The molecule has 0 radical (unpaired) electrons. The average Bonchev–Trinajstić information content (AvgIpc) is 2.41. The predicted molar refractivity (Wildman–Crippen MR) is 89.0 cm³/mol. The van der Waals surface area contributed by atoms with Gasteiger partial charge in [0.15, 0.2) is 0 Å². The van der Waals surface area contributed by atoms with E-state index < -0.39 is 0 Å². The van der Waals surface area contributed by atoms with E-state index in [-0.39, 0.29) is 0 Å². The summed E-state index contributed by atoms with van der Waals surface area (Å²) in [7, 11) is 0. The highest BCUT2D eigenvalue weighted by molar-refractivity contribution is 5.82. The lowest BCUT2D eigenvalue weighted by atomic mass is 10.1. The fourth-order valence-electron chi connectivity index (χ4n) is 1.47. The molecular weight excluding hydrogens is 230 g/mol. The number of rotatable bonds is 9. The van der Waals surface area contributed by atoms with E-state index in [1.807, 2.05) is 6.21 Å². The van der Waals surface area contributed by atoms with Gasteiger partial charge in [-0.05, 0) is 31.8 Å². The first-order chi connectivity index (χ1) is 9.24. The van der Waals surface area contributed by atoms with Gasteiger partial charge in [0.25, 0.3) is 0 Å². The maximum atomic E-state index is 4.44. The van der Waals surface area contributed by atoms with E-state index in [0.29, 0.717) is 0 Å². The predicted octanol–water partition coefficient (Wildman–Crippen LogP) is 5.66. The van der Waals surface area contributed by atoms with Gasteiger partial charge in [-0.15, -0.1) is 0 Å². The highest BCUT2D eigenvalue weighted by atomic mass is 14.7. The number of hydrogen-bond acceptors (Lipinski definition) is 1. The Morgan fingerprint density at radius 3 is 2.42 bits per heavy atom. The lowest BCUT2D eigenvalue weighted by Gasteiger charge is -1.97. The van der Waals surface area contributed by atoms with Gasteiger partial charge in [0.05, 0.1) is 6.54 Å². The largest absolute Gasteiger partial charge is 0.288 e. The van der Waals surface area contributed by atoms with Crippen molar-refractivity contribution in [3.8, 4) is 0 Å². The Hall–Kier alpha value is -1.37. The van der Waals surface area contributed by atoms with Crippen molar-refractivity contribution in [2.24, 2.45) is 4.99 Å². The van der Waals surface area contributed by atoms with E-state index in [9.17, 15) is 0 Å². The summed E-state index contributed by atoms with van der Waals surface area (Å²) in [6, 6.07) is 0. The molecule has 106 valence electrons. The van der Waals surface area contributed by atoms with Gasteiger partial charge in [0.2, 0.25) is 0 Å². The van der Waals surface area contributed by atoms with Gasteiger partial charge in [-0.2, -0.15) is 0 Å². The molecule has 0 rings (SSSR count). The topological polar surface area (TPSA) is 12.4 Å². The molecule has 0 aromatic carbocycles. The van der Waals surface area contributed by atoms with Crippen LogP contribution in [0.3, 0.4) is 0 Å². The lowest BCUT2D eigenvalue weighted by Crippen LogP contribution is -1.85. The van der Waals surface area contributed by atoms with Gasteiger partial charge in [0, 0.05) is 6.21 Å². The standard InChI is InChI=1S/C18H29N/c1-5-8-9-10-11-12-14-19-16-18(13-6-2)15-17(4)7-3/h9-13,15-16H,5-8,14H2,1-4H3/b10-9-,12-11-,17-15+,18-13+,19-16+. The maximum Gasteiger partial charge on any atom is 0.0573 e. The summed E-state index contributed by atoms with van der Waals surface area (Å²) >= 11 is 0. The highest BCUT2D eigenvalue weighted by Gasteiger charge is 1.89. The van der Waals surface area contributed by atoms with E-state index in [4.69, 9.17) is 0 Å².